The summed E-state index contributed by atoms with van der Waals surface area (Å²) >= 11 is 2.85. The van der Waals surface area contributed by atoms with Gasteiger partial charge in [-0.25, -0.2) is 4.99 Å². The van der Waals surface area contributed by atoms with Crippen LogP contribution in [0.5, 0.6) is 0 Å². The molecule has 8 heteroatoms. The van der Waals surface area contributed by atoms with E-state index < -0.39 is 0 Å². The lowest BCUT2D eigenvalue weighted by Crippen LogP contribution is -2.28. The fourth-order valence-corrected chi connectivity index (χ4v) is 5.54. The Balaban J connectivity index is 1.60. The van der Waals surface area contributed by atoms with Crippen molar-refractivity contribution < 1.29 is 9.59 Å². The molecule has 1 heterocycles. The molecule has 1 aliphatic heterocycles. The summed E-state index contributed by atoms with van der Waals surface area (Å²) in [6.45, 7) is 1.90. The molecule has 1 saturated heterocycles. The standard InChI is InChI=1S/C29H28N4O2S2/c1-21(34)30-24-14-16-25(17-15-24)31-29-33(18-22-10-6-4-7-11-22)28(35)27(37-29)20-36-19-26(32(2)3)23-12-8-5-9-13-23/h4-17,19-20H,18H2,1-3H3,(H,30,34)/b26-19-,27-20-,31-29?. The molecule has 0 saturated carbocycles. The van der Waals surface area contributed by atoms with E-state index in [2.05, 4.69) is 22.3 Å². The second-order valence-electron chi connectivity index (χ2n) is 8.48. The van der Waals surface area contributed by atoms with Crippen LogP contribution in [0, 0.1) is 0 Å². The van der Waals surface area contributed by atoms with Crippen molar-refractivity contribution in [3.8, 4) is 0 Å². The number of amides is 2. The first kappa shape index (κ1) is 26.3. The van der Waals surface area contributed by atoms with Crippen LogP contribution in [0.4, 0.5) is 11.4 Å². The van der Waals surface area contributed by atoms with Crippen LogP contribution in [0.25, 0.3) is 5.70 Å². The fourth-order valence-electron chi connectivity index (χ4n) is 3.61. The van der Waals surface area contributed by atoms with Gasteiger partial charge in [0.25, 0.3) is 5.91 Å². The Morgan fingerprint density at radius 3 is 2.27 bits per heavy atom. The highest BCUT2D eigenvalue weighted by Gasteiger charge is 2.33. The highest BCUT2D eigenvalue weighted by atomic mass is 32.2. The summed E-state index contributed by atoms with van der Waals surface area (Å²) in [5.74, 6) is -0.203. The third kappa shape index (κ3) is 7.15. The van der Waals surface area contributed by atoms with Gasteiger partial charge in [0.1, 0.15) is 0 Å². The molecule has 1 N–H and O–H groups in total. The zero-order chi connectivity index (χ0) is 26.2. The van der Waals surface area contributed by atoms with Crippen molar-refractivity contribution in [2.75, 3.05) is 19.4 Å². The van der Waals surface area contributed by atoms with Crippen LogP contribution in [0.3, 0.4) is 0 Å². The highest BCUT2D eigenvalue weighted by Crippen LogP contribution is 2.36. The van der Waals surface area contributed by atoms with Gasteiger partial charge < -0.3 is 10.2 Å². The second kappa shape index (κ2) is 12.5. The van der Waals surface area contributed by atoms with E-state index in [0.29, 0.717) is 28.0 Å². The van der Waals surface area contributed by atoms with Crippen molar-refractivity contribution in [2.45, 2.75) is 13.5 Å². The molecule has 3 aromatic rings. The van der Waals surface area contributed by atoms with Gasteiger partial charge in [0.2, 0.25) is 5.91 Å². The lowest BCUT2D eigenvalue weighted by Gasteiger charge is -2.17. The number of aliphatic imine (C=N–C) groups is 1. The average molecular weight is 529 g/mol. The van der Waals surface area contributed by atoms with Gasteiger partial charge in [-0.15, -0.1) is 11.8 Å². The molecule has 1 fully saturated rings. The number of thioether (sulfide) groups is 2. The van der Waals surface area contributed by atoms with Crippen molar-refractivity contribution >= 4 is 57.6 Å². The molecule has 6 nitrogen and oxygen atoms in total. The quantitative estimate of drug-likeness (QED) is 0.336. The topological polar surface area (TPSA) is 65.0 Å². The smallest absolute Gasteiger partial charge is 0.267 e. The minimum Gasteiger partial charge on any atom is -0.377 e. The van der Waals surface area contributed by atoms with E-state index in [1.165, 1.54) is 30.4 Å². The molecular weight excluding hydrogens is 500 g/mol. The molecule has 188 valence electrons. The number of hydrogen-bond donors (Lipinski definition) is 1. The Labute approximate surface area is 226 Å². The molecule has 0 spiro atoms. The molecule has 0 bridgehead atoms. The molecule has 3 aromatic carbocycles. The average Bonchev–Trinajstić information content (AvgIpc) is 3.17. The summed E-state index contributed by atoms with van der Waals surface area (Å²) < 4.78 is 0. The zero-order valence-electron chi connectivity index (χ0n) is 20.9. The van der Waals surface area contributed by atoms with Crippen LogP contribution in [-0.4, -0.2) is 40.9 Å². The largest absolute Gasteiger partial charge is 0.377 e. The number of nitrogens with zero attached hydrogens (tertiary/aromatic N) is 3. The van der Waals surface area contributed by atoms with Crippen LogP contribution in [0.1, 0.15) is 18.1 Å². The first-order valence-electron chi connectivity index (χ1n) is 11.7. The van der Waals surface area contributed by atoms with E-state index in [4.69, 9.17) is 4.99 Å². The van der Waals surface area contributed by atoms with Crippen LogP contribution in [0.2, 0.25) is 0 Å². The van der Waals surface area contributed by atoms with Crippen LogP contribution in [0.15, 0.2) is 106 Å². The van der Waals surface area contributed by atoms with Crippen LogP contribution >= 0.6 is 23.5 Å². The SMILES string of the molecule is CC(=O)Nc1ccc(N=C2S/C(=C\S/C=C(/c3ccccc3)N(C)C)C(=O)N2Cc2ccccc2)cc1. The number of anilines is 1. The lowest BCUT2D eigenvalue weighted by atomic mass is 10.2. The summed E-state index contributed by atoms with van der Waals surface area (Å²) in [6.07, 6.45) is 0. The van der Waals surface area contributed by atoms with E-state index in [0.717, 1.165) is 16.8 Å². The second-order valence-corrected chi connectivity index (χ2v) is 10.2. The molecule has 0 radical (unpaired) electrons. The van der Waals surface area contributed by atoms with Gasteiger partial charge in [0, 0.05) is 26.7 Å². The maximum atomic E-state index is 13.4. The third-order valence-corrected chi connectivity index (χ3v) is 7.28. The van der Waals surface area contributed by atoms with Gasteiger partial charge in [0.15, 0.2) is 5.17 Å². The number of benzene rings is 3. The van der Waals surface area contributed by atoms with Crippen molar-refractivity contribution in [2.24, 2.45) is 4.99 Å². The normalized spacial score (nSPS) is 15.9. The molecule has 4 rings (SSSR count). The molecule has 0 aromatic heterocycles. The molecule has 1 aliphatic rings. The summed E-state index contributed by atoms with van der Waals surface area (Å²) in [6, 6.07) is 27.3. The number of nitrogens with one attached hydrogen (secondary N) is 1. The van der Waals surface area contributed by atoms with Gasteiger partial charge in [-0.2, -0.15) is 0 Å². The van der Waals surface area contributed by atoms with Gasteiger partial charge in [-0.3, -0.25) is 14.5 Å². The summed E-state index contributed by atoms with van der Waals surface area (Å²) in [4.78, 5) is 33.9. The van der Waals surface area contributed by atoms with Crippen LogP contribution < -0.4 is 5.32 Å². The molecule has 0 aliphatic carbocycles. The number of rotatable bonds is 8. The van der Waals surface area contributed by atoms with Crippen molar-refractivity contribution in [1.82, 2.24) is 9.80 Å². The summed E-state index contributed by atoms with van der Waals surface area (Å²) in [7, 11) is 4.01. The number of amidine groups is 1. The van der Waals surface area contributed by atoms with Crippen molar-refractivity contribution in [3.63, 3.8) is 0 Å². The number of hydrogen-bond acceptors (Lipinski definition) is 6. The minimum atomic E-state index is -0.129. The molecule has 0 unspecified atom stereocenters. The van der Waals surface area contributed by atoms with Gasteiger partial charge in [-0.05, 0) is 58.0 Å². The first-order chi connectivity index (χ1) is 17.9. The van der Waals surface area contributed by atoms with E-state index >= 15 is 0 Å². The maximum Gasteiger partial charge on any atom is 0.267 e. The molecule has 2 amide bonds. The number of carbonyl (C=O) groups is 2. The predicted molar refractivity (Wildman–Crippen MR) is 156 cm³/mol. The molecule has 37 heavy (non-hydrogen) atoms. The highest BCUT2D eigenvalue weighted by molar-refractivity contribution is 8.19. The monoisotopic (exact) mass is 528 g/mol. The Hall–Kier alpha value is -3.75. The Kier molecular flexibility index (Phi) is 8.87. The molecular formula is C29H28N4O2S2. The summed E-state index contributed by atoms with van der Waals surface area (Å²) in [5.41, 5.74) is 4.60. The summed E-state index contributed by atoms with van der Waals surface area (Å²) in [5, 5.41) is 7.31. The van der Waals surface area contributed by atoms with E-state index in [1.54, 1.807) is 17.0 Å². The Morgan fingerprint density at radius 1 is 1.00 bits per heavy atom. The number of carbonyl (C=O) groups excluding carboxylic acids is 2. The fraction of sp³-hybridized carbons (Fsp3) is 0.138. The lowest BCUT2D eigenvalue weighted by molar-refractivity contribution is -0.122. The van der Waals surface area contributed by atoms with E-state index in [9.17, 15) is 9.59 Å². The Morgan fingerprint density at radius 2 is 1.65 bits per heavy atom. The van der Waals surface area contributed by atoms with Crippen molar-refractivity contribution in [1.29, 1.82) is 0 Å². The van der Waals surface area contributed by atoms with Gasteiger partial charge in [0.05, 0.1) is 22.8 Å². The predicted octanol–water partition coefficient (Wildman–Crippen LogP) is 6.54. The maximum absolute atomic E-state index is 13.4. The van der Waals surface area contributed by atoms with Gasteiger partial charge in [-0.1, -0.05) is 60.7 Å². The van der Waals surface area contributed by atoms with Crippen LogP contribution in [-0.2, 0) is 16.1 Å². The Bertz CT molecular complexity index is 1340. The van der Waals surface area contributed by atoms with Gasteiger partial charge >= 0.3 is 0 Å². The third-order valence-electron chi connectivity index (χ3n) is 5.39. The first-order valence-corrected chi connectivity index (χ1v) is 13.4. The van der Waals surface area contributed by atoms with E-state index in [1.807, 2.05) is 85.6 Å². The minimum absolute atomic E-state index is 0.0746. The van der Waals surface area contributed by atoms with E-state index in [-0.39, 0.29) is 11.8 Å². The zero-order valence-corrected chi connectivity index (χ0v) is 22.6. The van der Waals surface area contributed by atoms with Crippen molar-refractivity contribution in [3.05, 3.63) is 112 Å². The molecule has 0 atom stereocenters.